The third kappa shape index (κ3) is 3.47. The number of nitrogens with two attached hydrogens (primary N) is 1. The summed E-state index contributed by atoms with van der Waals surface area (Å²) >= 11 is 0. The lowest BCUT2D eigenvalue weighted by Crippen LogP contribution is -2.19. The van der Waals surface area contributed by atoms with Crippen LogP contribution in [0.15, 0.2) is 42.5 Å². The number of anilines is 2. The summed E-state index contributed by atoms with van der Waals surface area (Å²) in [6.07, 6.45) is 1.50. The molecule has 3 N–H and O–H groups in total. The zero-order valence-electron chi connectivity index (χ0n) is 15.5. The van der Waals surface area contributed by atoms with E-state index in [-0.39, 0.29) is 11.6 Å². The minimum absolute atomic E-state index is 0.167. The van der Waals surface area contributed by atoms with Gasteiger partial charge < -0.3 is 15.8 Å². The van der Waals surface area contributed by atoms with Crippen LogP contribution >= 0.6 is 0 Å². The highest BCUT2D eigenvalue weighted by Crippen LogP contribution is 2.47. The Morgan fingerprint density at radius 2 is 2.04 bits per heavy atom. The van der Waals surface area contributed by atoms with Crippen LogP contribution in [-0.4, -0.2) is 22.5 Å². The van der Waals surface area contributed by atoms with Crippen LogP contribution in [0, 0.1) is 0 Å². The molecule has 6 nitrogen and oxygen atoms in total. The lowest BCUT2D eigenvalue weighted by Gasteiger charge is -2.30. The number of hydrogen-bond donors (Lipinski definition) is 2. The molecule has 0 spiro atoms. The Morgan fingerprint density at radius 3 is 2.75 bits per heavy atom. The van der Waals surface area contributed by atoms with Crippen LogP contribution in [0.2, 0.25) is 0 Å². The maximum atomic E-state index is 13.7. The molecule has 0 bridgehead atoms. The molecule has 1 aliphatic carbocycles. The third-order valence-electron chi connectivity index (χ3n) is 5.00. The fourth-order valence-electron chi connectivity index (χ4n) is 3.40. The smallest absolute Gasteiger partial charge is 0.276 e. The molecule has 1 unspecified atom stereocenters. The second-order valence-electron chi connectivity index (χ2n) is 6.98. The third-order valence-corrected chi connectivity index (χ3v) is 5.00. The molecule has 1 saturated carbocycles. The maximum absolute atomic E-state index is 13.7. The van der Waals surface area contributed by atoms with Crippen molar-refractivity contribution in [3.8, 4) is 5.75 Å². The number of nitrogen functional groups attached to an aromatic ring is 1. The SMILES string of the molecule is CC(F)Oc1c(NC(=O)c2cc3ccccc3nn2)ccc(N)c1C1CCC1. The number of hydrogen-bond acceptors (Lipinski definition) is 5. The predicted molar refractivity (Wildman–Crippen MR) is 106 cm³/mol. The molecule has 0 radical (unpaired) electrons. The van der Waals surface area contributed by atoms with Crippen LogP contribution in [0.1, 0.15) is 48.2 Å². The second kappa shape index (κ2) is 7.42. The van der Waals surface area contributed by atoms with Gasteiger partial charge in [-0.2, -0.15) is 0 Å². The molecular formula is C21H21FN4O2. The van der Waals surface area contributed by atoms with Gasteiger partial charge in [-0.25, -0.2) is 4.39 Å². The Hall–Kier alpha value is -3.22. The van der Waals surface area contributed by atoms with Gasteiger partial charge in [-0.1, -0.05) is 24.6 Å². The van der Waals surface area contributed by atoms with Gasteiger partial charge in [0.1, 0.15) is 0 Å². The molecule has 3 aromatic rings. The Kier molecular flexibility index (Phi) is 4.81. The quantitative estimate of drug-likeness (QED) is 0.639. The van der Waals surface area contributed by atoms with Crippen molar-refractivity contribution in [1.29, 1.82) is 0 Å². The molecule has 1 fully saturated rings. The number of nitrogens with one attached hydrogen (secondary N) is 1. The van der Waals surface area contributed by atoms with E-state index in [9.17, 15) is 9.18 Å². The average Bonchev–Trinajstić information content (AvgIpc) is 2.64. The van der Waals surface area contributed by atoms with E-state index in [0.29, 0.717) is 22.6 Å². The molecule has 1 aliphatic rings. The van der Waals surface area contributed by atoms with Crippen molar-refractivity contribution in [1.82, 2.24) is 10.2 Å². The molecule has 0 saturated heterocycles. The van der Waals surface area contributed by atoms with E-state index in [4.69, 9.17) is 10.5 Å². The standard InChI is InChI=1S/C21H21FN4O2/c1-12(22)28-20-17(10-9-15(23)19(20)13-6-4-7-13)24-21(27)18-11-14-5-2-3-8-16(14)25-26-18/h2-3,5,8-13H,4,6-7,23H2,1H3,(H,24,27). The molecule has 7 heteroatoms. The Labute approximate surface area is 161 Å². The zero-order valence-corrected chi connectivity index (χ0v) is 15.5. The molecule has 1 heterocycles. The summed E-state index contributed by atoms with van der Waals surface area (Å²) in [5, 5.41) is 11.7. The number of carbonyl (C=O) groups excluding carboxylic acids is 1. The first-order chi connectivity index (χ1) is 13.5. The number of amides is 1. The van der Waals surface area contributed by atoms with E-state index in [1.54, 1.807) is 18.2 Å². The minimum Gasteiger partial charge on any atom is -0.458 e. The van der Waals surface area contributed by atoms with Crippen molar-refractivity contribution in [2.24, 2.45) is 0 Å². The highest BCUT2D eigenvalue weighted by Gasteiger charge is 2.28. The Morgan fingerprint density at radius 1 is 1.25 bits per heavy atom. The zero-order chi connectivity index (χ0) is 19.7. The van der Waals surface area contributed by atoms with E-state index >= 15 is 0 Å². The van der Waals surface area contributed by atoms with Gasteiger partial charge in [0.05, 0.1) is 11.2 Å². The summed E-state index contributed by atoms with van der Waals surface area (Å²) in [7, 11) is 0. The summed E-state index contributed by atoms with van der Waals surface area (Å²) in [5.74, 6) is 0.0619. The van der Waals surface area contributed by atoms with E-state index < -0.39 is 12.3 Å². The van der Waals surface area contributed by atoms with Gasteiger partial charge in [-0.15, -0.1) is 10.2 Å². The number of alkyl halides is 1. The number of benzene rings is 2. The van der Waals surface area contributed by atoms with Gasteiger partial charge in [0.25, 0.3) is 5.91 Å². The monoisotopic (exact) mass is 380 g/mol. The summed E-state index contributed by atoms with van der Waals surface area (Å²) in [6, 6.07) is 12.4. The van der Waals surface area contributed by atoms with Gasteiger partial charge in [0, 0.05) is 23.6 Å². The molecule has 1 aromatic heterocycles. The topological polar surface area (TPSA) is 90.1 Å². The number of fused-ring (bicyclic) bond motifs is 1. The average molecular weight is 380 g/mol. The number of rotatable bonds is 5. The molecule has 144 valence electrons. The number of halogens is 1. The van der Waals surface area contributed by atoms with E-state index in [1.165, 1.54) is 6.92 Å². The molecule has 1 atom stereocenters. The Bertz CT molecular complexity index is 1030. The van der Waals surface area contributed by atoms with Crippen molar-refractivity contribution in [2.75, 3.05) is 11.1 Å². The van der Waals surface area contributed by atoms with Crippen LogP contribution in [0.5, 0.6) is 5.75 Å². The lowest BCUT2D eigenvalue weighted by atomic mass is 9.78. The first-order valence-electron chi connectivity index (χ1n) is 9.30. The molecule has 4 rings (SSSR count). The second-order valence-corrected chi connectivity index (χ2v) is 6.98. The van der Waals surface area contributed by atoms with E-state index in [1.807, 2.05) is 24.3 Å². The predicted octanol–water partition coefficient (Wildman–Crippen LogP) is 4.43. The number of carbonyl (C=O) groups is 1. The minimum atomic E-state index is -1.53. The van der Waals surface area contributed by atoms with Crippen molar-refractivity contribution in [3.05, 3.63) is 53.7 Å². The van der Waals surface area contributed by atoms with Crippen molar-refractivity contribution in [3.63, 3.8) is 0 Å². The number of nitrogens with zero attached hydrogens (tertiary/aromatic N) is 2. The van der Waals surface area contributed by atoms with Crippen LogP contribution in [0.3, 0.4) is 0 Å². The largest absolute Gasteiger partial charge is 0.458 e. The van der Waals surface area contributed by atoms with Gasteiger partial charge in [0.15, 0.2) is 11.4 Å². The fourth-order valence-corrected chi connectivity index (χ4v) is 3.40. The van der Waals surface area contributed by atoms with Crippen LogP contribution in [-0.2, 0) is 0 Å². The molecular weight excluding hydrogens is 359 g/mol. The van der Waals surface area contributed by atoms with Gasteiger partial charge in [0.2, 0.25) is 6.36 Å². The Balaban J connectivity index is 1.68. The van der Waals surface area contributed by atoms with Crippen molar-refractivity contribution in [2.45, 2.75) is 38.5 Å². The van der Waals surface area contributed by atoms with Crippen molar-refractivity contribution >= 4 is 28.2 Å². The molecule has 28 heavy (non-hydrogen) atoms. The first-order valence-corrected chi connectivity index (χ1v) is 9.30. The summed E-state index contributed by atoms with van der Waals surface area (Å²) in [4.78, 5) is 12.8. The highest BCUT2D eigenvalue weighted by molar-refractivity contribution is 6.05. The summed E-state index contributed by atoms with van der Waals surface area (Å²) < 4.78 is 19.1. The lowest BCUT2D eigenvalue weighted by molar-refractivity contribution is 0.0842. The maximum Gasteiger partial charge on any atom is 0.276 e. The number of aromatic nitrogens is 2. The highest BCUT2D eigenvalue weighted by atomic mass is 19.1. The van der Waals surface area contributed by atoms with Crippen LogP contribution in [0.25, 0.3) is 10.9 Å². The molecule has 1 amide bonds. The van der Waals surface area contributed by atoms with E-state index in [0.717, 1.165) is 30.2 Å². The summed E-state index contributed by atoms with van der Waals surface area (Å²) in [5.41, 5.74) is 8.70. The van der Waals surface area contributed by atoms with Gasteiger partial charge in [-0.05, 0) is 43.0 Å². The van der Waals surface area contributed by atoms with Crippen LogP contribution < -0.4 is 15.8 Å². The van der Waals surface area contributed by atoms with E-state index in [2.05, 4.69) is 15.5 Å². The normalized spacial score (nSPS) is 15.1. The first kappa shape index (κ1) is 18.2. The van der Waals surface area contributed by atoms with Crippen LogP contribution in [0.4, 0.5) is 15.8 Å². The van der Waals surface area contributed by atoms with Crippen molar-refractivity contribution < 1.29 is 13.9 Å². The fraction of sp³-hybridized carbons (Fsp3) is 0.286. The molecule has 0 aliphatic heterocycles. The summed E-state index contributed by atoms with van der Waals surface area (Å²) in [6.45, 7) is 1.30. The van der Waals surface area contributed by atoms with Gasteiger partial charge in [-0.3, -0.25) is 4.79 Å². The number of ether oxygens (including phenoxy) is 1. The van der Waals surface area contributed by atoms with Gasteiger partial charge >= 0.3 is 0 Å². The molecule has 2 aromatic carbocycles.